The van der Waals surface area contributed by atoms with Crippen LogP contribution in [0, 0.1) is 0 Å². The Morgan fingerprint density at radius 2 is 1.85 bits per heavy atom. The zero-order valence-corrected chi connectivity index (χ0v) is 19.8. The minimum Gasteiger partial charge on any atom is -0.494 e. The summed E-state index contributed by atoms with van der Waals surface area (Å²) in [6.45, 7) is 2.45. The number of rotatable bonds is 6. The lowest BCUT2D eigenvalue weighted by atomic mass is 9.85. The standard InChI is InChI=1S/C25H29ClN4O4/c1-2-34-19-12-10-17(11-13-19)27-23(31)15-22-24(32)29-20-8-3-4-9-21(20)30(22)25(33)28-18-7-5-6-16(26)14-18/h5-7,10-14,20-22H,2-4,8-9,15H2,1H3,(H,27,31)(H,28,33)(H,29,32)/t20-,21+,22+/m0/s1. The Labute approximate surface area is 204 Å². The number of hydrogen-bond acceptors (Lipinski definition) is 4. The Morgan fingerprint density at radius 1 is 1.09 bits per heavy atom. The highest BCUT2D eigenvalue weighted by Gasteiger charge is 2.46. The third-order valence-electron chi connectivity index (χ3n) is 6.19. The second-order valence-electron chi connectivity index (χ2n) is 8.54. The van der Waals surface area contributed by atoms with E-state index >= 15 is 0 Å². The van der Waals surface area contributed by atoms with Crippen LogP contribution in [0.3, 0.4) is 0 Å². The van der Waals surface area contributed by atoms with Gasteiger partial charge in [-0.05, 0) is 62.2 Å². The van der Waals surface area contributed by atoms with Crippen LogP contribution in [0.25, 0.3) is 0 Å². The zero-order chi connectivity index (χ0) is 24.1. The summed E-state index contributed by atoms with van der Waals surface area (Å²) in [5.41, 5.74) is 1.13. The van der Waals surface area contributed by atoms with Gasteiger partial charge in [0, 0.05) is 22.4 Å². The molecule has 34 heavy (non-hydrogen) atoms. The molecule has 2 aromatic carbocycles. The van der Waals surface area contributed by atoms with Gasteiger partial charge in [-0.25, -0.2) is 4.79 Å². The first-order valence-corrected chi connectivity index (χ1v) is 12.0. The fourth-order valence-electron chi connectivity index (χ4n) is 4.68. The van der Waals surface area contributed by atoms with Crippen LogP contribution in [0.4, 0.5) is 16.2 Å². The number of benzene rings is 2. The summed E-state index contributed by atoms with van der Waals surface area (Å²) in [6.07, 6.45) is 3.38. The van der Waals surface area contributed by atoms with Crippen molar-refractivity contribution >= 4 is 40.8 Å². The number of anilines is 2. The van der Waals surface area contributed by atoms with Gasteiger partial charge in [-0.2, -0.15) is 0 Å². The highest BCUT2D eigenvalue weighted by atomic mass is 35.5. The summed E-state index contributed by atoms with van der Waals surface area (Å²) >= 11 is 6.06. The molecule has 1 aliphatic heterocycles. The van der Waals surface area contributed by atoms with Crippen molar-refractivity contribution in [1.82, 2.24) is 10.2 Å². The van der Waals surface area contributed by atoms with Crippen LogP contribution in [0.2, 0.25) is 5.02 Å². The van der Waals surface area contributed by atoms with E-state index in [-0.39, 0.29) is 30.3 Å². The maximum absolute atomic E-state index is 13.4. The first kappa shape index (κ1) is 23.9. The van der Waals surface area contributed by atoms with E-state index in [1.807, 2.05) is 6.92 Å². The number of piperazine rings is 1. The summed E-state index contributed by atoms with van der Waals surface area (Å²) in [7, 11) is 0. The topological polar surface area (TPSA) is 99.8 Å². The number of hydrogen-bond donors (Lipinski definition) is 3. The number of fused-ring (bicyclic) bond motifs is 1. The van der Waals surface area contributed by atoms with Gasteiger partial charge in [0.25, 0.3) is 0 Å². The Bertz CT molecular complexity index is 1050. The highest BCUT2D eigenvalue weighted by molar-refractivity contribution is 6.30. The predicted octanol–water partition coefficient (Wildman–Crippen LogP) is 4.41. The first-order valence-electron chi connectivity index (χ1n) is 11.6. The maximum atomic E-state index is 13.4. The van der Waals surface area contributed by atoms with Gasteiger partial charge < -0.3 is 25.6 Å². The fourth-order valence-corrected chi connectivity index (χ4v) is 4.87. The molecule has 2 fully saturated rings. The number of carbonyl (C=O) groups is 3. The molecule has 1 heterocycles. The first-order chi connectivity index (χ1) is 16.4. The number of amides is 4. The Kier molecular flexibility index (Phi) is 7.57. The molecule has 0 spiro atoms. The average Bonchev–Trinajstić information content (AvgIpc) is 2.81. The lowest BCUT2D eigenvalue weighted by molar-refractivity contribution is -0.135. The van der Waals surface area contributed by atoms with Crippen molar-refractivity contribution in [2.75, 3.05) is 17.2 Å². The van der Waals surface area contributed by atoms with Crippen LogP contribution >= 0.6 is 11.6 Å². The summed E-state index contributed by atoms with van der Waals surface area (Å²) in [4.78, 5) is 40.8. The number of ether oxygens (including phenoxy) is 1. The number of halogens is 1. The molecule has 1 saturated carbocycles. The molecule has 3 atom stereocenters. The van der Waals surface area contributed by atoms with E-state index in [1.54, 1.807) is 53.4 Å². The Balaban J connectivity index is 1.51. The summed E-state index contributed by atoms with van der Waals surface area (Å²) < 4.78 is 5.42. The average molecular weight is 485 g/mol. The molecule has 4 amide bonds. The monoisotopic (exact) mass is 484 g/mol. The van der Waals surface area contributed by atoms with E-state index < -0.39 is 12.1 Å². The summed E-state index contributed by atoms with van der Waals surface area (Å²) in [5, 5.41) is 9.21. The van der Waals surface area contributed by atoms with Crippen LogP contribution in [0.15, 0.2) is 48.5 Å². The second-order valence-corrected chi connectivity index (χ2v) is 8.98. The Hall–Kier alpha value is -3.26. The molecule has 3 N–H and O–H groups in total. The van der Waals surface area contributed by atoms with Gasteiger partial charge in [0.15, 0.2) is 0 Å². The normalized spacial score (nSPS) is 21.8. The van der Waals surface area contributed by atoms with E-state index in [1.165, 1.54) is 0 Å². The molecular formula is C25H29ClN4O4. The lowest BCUT2D eigenvalue weighted by Gasteiger charge is -2.47. The van der Waals surface area contributed by atoms with Crippen LogP contribution in [0.1, 0.15) is 39.0 Å². The molecule has 1 aliphatic carbocycles. The molecule has 0 radical (unpaired) electrons. The molecule has 1 saturated heterocycles. The smallest absolute Gasteiger partial charge is 0.322 e. The number of urea groups is 1. The van der Waals surface area contributed by atoms with E-state index in [0.717, 1.165) is 25.7 Å². The molecule has 9 heteroatoms. The molecule has 0 bridgehead atoms. The van der Waals surface area contributed by atoms with Gasteiger partial charge in [0.2, 0.25) is 11.8 Å². The SMILES string of the molecule is CCOc1ccc(NC(=O)C[C@@H]2C(=O)N[C@H]3CCCC[C@H]3N2C(=O)Nc2cccc(Cl)c2)cc1. The Morgan fingerprint density at radius 3 is 2.59 bits per heavy atom. The molecule has 0 unspecified atom stereocenters. The molecular weight excluding hydrogens is 456 g/mol. The van der Waals surface area contributed by atoms with E-state index in [9.17, 15) is 14.4 Å². The quantitative estimate of drug-likeness (QED) is 0.565. The van der Waals surface area contributed by atoms with Crippen LogP contribution in [-0.2, 0) is 9.59 Å². The van der Waals surface area contributed by atoms with Gasteiger partial charge in [0.1, 0.15) is 11.8 Å². The van der Waals surface area contributed by atoms with Gasteiger partial charge in [-0.1, -0.05) is 30.5 Å². The third kappa shape index (κ3) is 5.62. The summed E-state index contributed by atoms with van der Waals surface area (Å²) in [5.74, 6) is 0.0460. The van der Waals surface area contributed by atoms with Crippen LogP contribution < -0.4 is 20.7 Å². The molecule has 2 aliphatic rings. The van der Waals surface area contributed by atoms with E-state index in [2.05, 4.69) is 16.0 Å². The van der Waals surface area contributed by atoms with Gasteiger partial charge >= 0.3 is 6.03 Å². The highest BCUT2D eigenvalue weighted by Crippen LogP contribution is 2.30. The third-order valence-corrected chi connectivity index (χ3v) is 6.43. The predicted molar refractivity (Wildman–Crippen MR) is 131 cm³/mol. The fraction of sp³-hybridized carbons (Fsp3) is 0.400. The van der Waals surface area contributed by atoms with Gasteiger partial charge in [-0.15, -0.1) is 0 Å². The molecule has 8 nitrogen and oxygen atoms in total. The van der Waals surface area contributed by atoms with E-state index in [0.29, 0.717) is 28.8 Å². The van der Waals surface area contributed by atoms with Crippen LogP contribution in [-0.4, -0.2) is 47.5 Å². The largest absolute Gasteiger partial charge is 0.494 e. The van der Waals surface area contributed by atoms with Gasteiger partial charge in [-0.3, -0.25) is 9.59 Å². The van der Waals surface area contributed by atoms with E-state index in [4.69, 9.17) is 16.3 Å². The molecule has 4 rings (SSSR count). The van der Waals surface area contributed by atoms with Crippen molar-refractivity contribution in [3.8, 4) is 5.75 Å². The number of nitrogens with one attached hydrogen (secondary N) is 3. The minimum absolute atomic E-state index is 0.114. The molecule has 2 aromatic rings. The van der Waals surface area contributed by atoms with Crippen molar-refractivity contribution in [2.45, 2.75) is 57.2 Å². The van der Waals surface area contributed by atoms with Crippen molar-refractivity contribution in [3.63, 3.8) is 0 Å². The number of carbonyl (C=O) groups excluding carboxylic acids is 3. The van der Waals surface area contributed by atoms with Crippen molar-refractivity contribution in [1.29, 1.82) is 0 Å². The minimum atomic E-state index is -0.916. The lowest BCUT2D eigenvalue weighted by Crippen LogP contribution is -2.68. The molecule has 0 aromatic heterocycles. The van der Waals surface area contributed by atoms with Crippen molar-refractivity contribution in [2.24, 2.45) is 0 Å². The summed E-state index contributed by atoms with van der Waals surface area (Å²) in [6, 6.07) is 12.3. The van der Waals surface area contributed by atoms with Crippen molar-refractivity contribution in [3.05, 3.63) is 53.6 Å². The molecule has 180 valence electrons. The zero-order valence-electron chi connectivity index (χ0n) is 19.1. The van der Waals surface area contributed by atoms with Gasteiger partial charge in [0.05, 0.1) is 19.1 Å². The van der Waals surface area contributed by atoms with Crippen LogP contribution in [0.5, 0.6) is 5.75 Å². The maximum Gasteiger partial charge on any atom is 0.322 e. The van der Waals surface area contributed by atoms with Crippen molar-refractivity contribution < 1.29 is 19.1 Å². The second kappa shape index (κ2) is 10.8. The number of nitrogens with zero attached hydrogens (tertiary/aromatic N) is 1.